The van der Waals surface area contributed by atoms with Gasteiger partial charge in [0.15, 0.2) is 5.76 Å². The molecule has 2 aromatic heterocycles. The third-order valence-electron chi connectivity index (χ3n) is 4.67. The van der Waals surface area contributed by atoms with Crippen LogP contribution in [0.2, 0.25) is 0 Å². The molecule has 3 heterocycles. The van der Waals surface area contributed by atoms with E-state index in [-0.39, 0.29) is 0 Å². The highest BCUT2D eigenvalue weighted by atomic mass is 16.5. The van der Waals surface area contributed by atoms with Crippen molar-refractivity contribution < 1.29 is 9.26 Å². The lowest BCUT2D eigenvalue weighted by Crippen LogP contribution is -2.46. The topological polar surface area (TPSA) is 54.6 Å². The summed E-state index contributed by atoms with van der Waals surface area (Å²) in [6.07, 6.45) is 1.84. The number of nitrogens with zero attached hydrogens (tertiary/aromatic N) is 4. The van der Waals surface area contributed by atoms with Gasteiger partial charge in [0.25, 0.3) is 0 Å². The Kier molecular flexibility index (Phi) is 4.84. The van der Waals surface area contributed by atoms with Gasteiger partial charge >= 0.3 is 0 Å². The molecular formula is C20H22N4O2. The molecule has 1 aliphatic rings. The summed E-state index contributed by atoms with van der Waals surface area (Å²) >= 11 is 0. The number of anilines is 1. The Hall–Kier alpha value is -2.86. The molecule has 0 amide bonds. The van der Waals surface area contributed by atoms with E-state index in [0.29, 0.717) is 0 Å². The molecule has 1 fully saturated rings. The second-order valence-electron chi connectivity index (χ2n) is 6.36. The predicted octanol–water partition coefficient (Wildman–Crippen LogP) is 3.07. The van der Waals surface area contributed by atoms with Crippen LogP contribution in [0.5, 0.6) is 5.75 Å². The normalized spacial score (nSPS) is 15.2. The van der Waals surface area contributed by atoms with E-state index >= 15 is 0 Å². The molecule has 6 nitrogen and oxygen atoms in total. The van der Waals surface area contributed by atoms with Crippen molar-refractivity contribution in [3.8, 4) is 17.0 Å². The lowest BCUT2D eigenvalue weighted by Gasteiger charge is -2.34. The van der Waals surface area contributed by atoms with E-state index in [1.807, 2.05) is 48.7 Å². The standard InChI is InChI=1S/C20H22N4O2/c1-25-17-7-5-16(6-8-17)19-14-18(26-22-19)15-23-10-12-24(13-11-23)20-4-2-3-9-21-20/h2-9,14H,10-13,15H2,1H3. The van der Waals surface area contributed by atoms with Crippen molar-refractivity contribution in [2.75, 3.05) is 38.2 Å². The fraction of sp³-hybridized carbons (Fsp3) is 0.300. The van der Waals surface area contributed by atoms with Gasteiger partial charge in [-0.25, -0.2) is 4.98 Å². The van der Waals surface area contributed by atoms with Crippen LogP contribution in [0.15, 0.2) is 59.3 Å². The molecule has 0 atom stereocenters. The van der Waals surface area contributed by atoms with Crippen LogP contribution >= 0.6 is 0 Å². The van der Waals surface area contributed by atoms with Gasteiger partial charge in [-0.2, -0.15) is 0 Å². The highest BCUT2D eigenvalue weighted by molar-refractivity contribution is 5.59. The van der Waals surface area contributed by atoms with Gasteiger partial charge in [-0.1, -0.05) is 11.2 Å². The molecule has 0 N–H and O–H groups in total. The Morgan fingerprint density at radius 3 is 2.54 bits per heavy atom. The monoisotopic (exact) mass is 350 g/mol. The zero-order valence-corrected chi connectivity index (χ0v) is 14.8. The predicted molar refractivity (Wildman–Crippen MR) is 100 cm³/mol. The molecule has 1 saturated heterocycles. The fourth-order valence-corrected chi connectivity index (χ4v) is 3.18. The van der Waals surface area contributed by atoms with Gasteiger partial charge in [0.1, 0.15) is 17.3 Å². The molecular weight excluding hydrogens is 328 g/mol. The second kappa shape index (κ2) is 7.58. The molecule has 0 aliphatic carbocycles. The molecule has 1 aliphatic heterocycles. The van der Waals surface area contributed by atoms with Gasteiger partial charge in [-0.15, -0.1) is 0 Å². The molecule has 0 unspecified atom stereocenters. The highest BCUT2D eigenvalue weighted by Gasteiger charge is 2.19. The summed E-state index contributed by atoms with van der Waals surface area (Å²) in [6.45, 7) is 4.68. The fourth-order valence-electron chi connectivity index (χ4n) is 3.18. The first kappa shape index (κ1) is 16.6. The molecule has 26 heavy (non-hydrogen) atoms. The first-order valence-corrected chi connectivity index (χ1v) is 8.80. The molecule has 0 radical (unpaired) electrons. The average Bonchev–Trinajstić information content (AvgIpc) is 3.18. The number of ether oxygens (including phenoxy) is 1. The minimum absolute atomic E-state index is 0.777. The van der Waals surface area contributed by atoms with Gasteiger partial charge in [0.05, 0.1) is 13.7 Å². The van der Waals surface area contributed by atoms with Crippen LogP contribution < -0.4 is 9.64 Å². The number of hydrogen-bond acceptors (Lipinski definition) is 6. The summed E-state index contributed by atoms with van der Waals surface area (Å²) in [7, 11) is 1.66. The SMILES string of the molecule is COc1ccc(-c2cc(CN3CCN(c4ccccn4)CC3)on2)cc1. The van der Waals surface area contributed by atoms with Gasteiger partial charge < -0.3 is 14.2 Å². The molecule has 0 spiro atoms. The van der Waals surface area contributed by atoms with Crippen molar-refractivity contribution in [3.63, 3.8) is 0 Å². The van der Waals surface area contributed by atoms with Gasteiger partial charge in [-0.3, -0.25) is 4.90 Å². The summed E-state index contributed by atoms with van der Waals surface area (Å²) in [5.74, 6) is 2.78. The molecule has 134 valence electrons. The van der Waals surface area contributed by atoms with Gasteiger partial charge in [0, 0.05) is 44.0 Å². The summed E-state index contributed by atoms with van der Waals surface area (Å²) < 4.78 is 10.7. The molecule has 1 aromatic carbocycles. The van der Waals surface area contributed by atoms with Gasteiger partial charge in [0.2, 0.25) is 0 Å². The van der Waals surface area contributed by atoms with E-state index < -0.39 is 0 Å². The number of benzene rings is 1. The van der Waals surface area contributed by atoms with E-state index in [4.69, 9.17) is 9.26 Å². The van der Waals surface area contributed by atoms with Crippen molar-refractivity contribution in [1.29, 1.82) is 0 Å². The summed E-state index contributed by atoms with van der Waals surface area (Å²) in [4.78, 5) is 9.14. The zero-order chi connectivity index (χ0) is 17.8. The summed E-state index contributed by atoms with van der Waals surface area (Å²) in [5, 5.41) is 4.21. The Bertz CT molecular complexity index is 825. The highest BCUT2D eigenvalue weighted by Crippen LogP contribution is 2.23. The first-order valence-electron chi connectivity index (χ1n) is 8.80. The van der Waals surface area contributed by atoms with Crippen LogP contribution in [0.1, 0.15) is 5.76 Å². The average molecular weight is 350 g/mol. The molecule has 0 saturated carbocycles. The smallest absolute Gasteiger partial charge is 0.151 e. The first-order chi connectivity index (χ1) is 12.8. The van der Waals surface area contributed by atoms with Crippen LogP contribution in [0, 0.1) is 0 Å². The summed E-state index contributed by atoms with van der Waals surface area (Å²) in [5.41, 5.74) is 1.88. The lowest BCUT2D eigenvalue weighted by molar-refractivity contribution is 0.219. The van der Waals surface area contributed by atoms with E-state index in [1.54, 1.807) is 7.11 Å². The van der Waals surface area contributed by atoms with Crippen molar-refractivity contribution in [2.24, 2.45) is 0 Å². The largest absolute Gasteiger partial charge is 0.497 e. The quantitative estimate of drug-likeness (QED) is 0.705. The molecule has 0 bridgehead atoms. The molecule has 3 aromatic rings. The van der Waals surface area contributed by atoms with Crippen LogP contribution in [0.3, 0.4) is 0 Å². The Balaban J connectivity index is 1.35. The van der Waals surface area contributed by atoms with E-state index in [1.165, 1.54) is 0 Å². The number of hydrogen-bond donors (Lipinski definition) is 0. The van der Waals surface area contributed by atoms with Crippen LogP contribution in [-0.2, 0) is 6.54 Å². The van der Waals surface area contributed by atoms with Crippen molar-refractivity contribution >= 4 is 5.82 Å². The minimum Gasteiger partial charge on any atom is -0.497 e. The van der Waals surface area contributed by atoms with E-state index in [0.717, 1.165) is 61.3 Å². The van der Waals surface area contributed by atoms with E-state index in [9.17, 15) is 0 Å². The van der Waals surface area contributed by atoms with Crippen molar-refractivity contribution in [3.05, 3.63) is 60.5 Å². The number of methoxy groups -OCH3 is 1. The van der Waals surface area contributed by atoms with Crippen LogP contribution in [0.25, 0.3) is 11.3 Å². The Morgan fingerprint density at radius 2 is 1.85 bits per heavy atom. The maximum atomic E-state index is 5.54. The maximum Gasteiger partial charge on any atom is 0.151 e. The Labute approximate surface area is 153 Å². The number of aromatic nitrogens is 2. The van der Waals surface area contributed by atoms with Gasteiger partial charge in [-0.05, 0) is 36.4 Å². The minimum atomic E-state index is 0.777. The van der Waals surface area contributed by atoms with Crippen LogP contribution in [0.4, 0.5) is 5.82 Å². The summed E-state index contributed by atoms with van der Waals surface area (Å²) in [6, 6.07) is 15.9. The third kappa shape index (κ3) is 3.70. The maximum absolute atomic E-state index is 5.54. The zero-order valence-electron chi connectivity index (χ0n) is 14.8. The lowest BCUT2D eigenvalue weighted by atomic mass is 10.1. The third-order valence-corrected chi connectivity index (χ3v) is 4.67. The molecule has 4 rings (SSSR count). The van der Waals surface area contributed by atoms with Crippen molar-refractivity contribution in [2.45, 2.75) is 6.54 Å². The van der Waals surface area contributed by atoms with E-state index in [2.05, 4.69) is 26.0 Å². The number of piperazine rings is 1. The number of pyridine rings is 1. The number of rotatable bonds is 5. The van der Waals surface area contributed by atoms with Crippen LogP contribution in [-0.4, -0.2) is 48.3 Å². The second-order valence-corrected chi connectivity index (χ2v) is 6.36. The molecule has 6 heteroatoms. The Morgan fingerprint density at radius 1 is 1.04 bits per heavy atom. The van der Waals surface area contributed by atoms with Crippen molar-refractivity contribution in [1.82, 2.24) is 15.0 Å².